The summed E-state index contributed by atoms with van der Waals surface area (Å²) in [6.07, 6.45) is 0.317. The molecule has 0 spiro atoms. The molecule has 1 aliphatic heterocycles. The van der Waals surface area contributed by atoms with Crippen molar-refractivity contribution in [3.63, 3.8) is 0 Å². The maximum absolute atomic E-state index is 11.9. The van der Waals surface area contributed by atoms with Crippen molar-refractivity contribution in [2.45, 2.75) is 18.9 Å². The predicted octanol–water partition coefficient (Wildman–Crippen LogP) is 1.18. The number of benzene rings is 1. The lowest BCUT2D eigenvalue weighted by Gasteiger charge is -2.24. The number of carboxylic acids is 1. The summed E-state index contributed by atoms with van der Waals surface area (Å²) in [5, 5.41) is 28.1. The van der Waals surface area contributed by atoms with Gasteiger partial charge in [-0.15, -0.1) is 11.6 Å². The number of phenols is 2. The molecule has 3 N–H and O–H groups in total. The number of hydrogen-bond acceptors (Lipinski definition) is 4. The molecule has 1 aliphatic rings. The number of amides is 1. The van der Waals surface area contributed by atoms with Crippen LogP contribution in [0.2, 0.25) is 0 Å². The van der Waals surface area contributed by atoms with Crippen molar-refractivity contribution >= 4 is 23.5 Å². The van der Waals surface area contributed by atoms with Crippen LogP contribution in [0.3, 0.4) is 0 Å². The average Bonchev–Trinajstić information content (AvgIpc) is 2.80. The van der Waals surface area contributed by atoms with Gasteiger partial charge in [0.2, 0.25) is 5.91 Å². The number of phenolic OH excluding ortho intramolecular Hbond substituents is 2. The summed E-state index contributed by atoms with van der Waals surface area (Å²) >= 11 is 5.73. The molecule has 1 fully saturated rings. The van der Waals surface area contributed by atoms with E-state index >= 15 is 0 Å². The Morgan fingerprint density at radius 1 is 1.38 bits per heavy atom. The summed E-state index contributed by atoms with van der Waals surface area (Å²) in [6.45, 7) is 0.323. The number of halogens is 1. The Bertz CT molecular complexity index is 562. The maximum Gasteiger partial charge on any atom is 0.326 e. The molecule has 21 heavy (non-hydrogen) atoms. The lowest BCUT2D eigenvalue weighted by atomic mass is 10.0. The highest BCUT2D eigenvalue weighted by atomic mass is 35.5. The lowest BCUT2D eigenvalue weighted by Crippen LogP contribution is -2.43. The largest absolute Gasteiger partial charge is 0.504 e. The van der Waals surface area contributed by atoms with E-state index in [9.17, 15) is 24.9 Å². The first-order valence-corrected chi connectivity index (χ1v) is 7.05. The Labute approximate surface area is 126 Å². The molecular formula is C14H16ClNO5. The number of nitrogens with zero attached hydrogens (tertiary/aromatic N) is 1. The van der Waals surface area contributed by atoms with E-state index < -0.39 is 12.0 Å². The standard InChI is InChI=1S/C14H16ClNO5/c15-6-9-5-13(19)16(7-9)10(14(20)21)3-8-1-2-11(17)12(18)4-8/h1-2,4,9-10,17-18H,3,5-7H2,(H,20,21)/t9?,10-/m0/s1. The van der Waals surface area contributed by atoms with Crippen molar-refractivity contribution in [3.05, 3.63) is 23.8 Å². The van der Waals surface area contributed by atoms with Crippen LogP contribution in [-0.4, -0.2) is 50.6 Å². The van der Waals surface area contributed by atoms with Gasteiger partial charge in [-0.1, -0.05) is 6.07 Å². The Morgan fingerprint density at radius 2 is 2.10 bits per heavy atom. The first-order valence-electron chi connectivity index (χ1n) is 6.51. The zero-order valence-corrected chi connectivity index (χ0v) is 12.0. The van der Waals surface area contributed by atoms with Gasteiger partial charge in [0.05, 0.1) is 0 Å². The van der Waals surface area contributed by atoms with Gasteiger partial charge < -0.3 is 20.2 Å². The van der Waals surface area contributed by atoms with Crippen LogP contribution in [-0.2, 0) is 16.0 Å². The first kappa shape index (κ1) is 15.4. The van der Waals surface area contributed by atoms with Gasteiger partial charge in [-0.3, -0.25) is 4.79 Å². The summed E-state index contributed by atoms with van der Waals surface area (Å²) in [5.74, 6) is -1.64. The number of carbonyl (C=O) groups excluding carboxylic acids is 1. The predicted molar refractivity (Wildman–Crippen MR) is 75.4 cm³/mol. The minimum Gasteiger partial charge on any atom is -0.504 e. The number of alkyl halides is 1. The lowest BCUT2D eigenvalue weighted by molar-refractivity contribution is -0.148. The van der Waals surface area contributed by atoms with Gasteiger partial charge in [0.1, 0.15) is 6.04 Å². The molecule has 1 amide bonds. The van der Waals surface area contributed by atoms with Crippen molar-refractivity contribution in [2.24, 2.45) is 5.92 Å². The van der Waals surface area contributed by atoms with Gasteiger partial charge >= 0.3 is 5.97 Å². The zero-order chi connectivity index (χ0) is 15.6. The SMILES string of the molecule is O=C(O)[C@H](Cc1ccc(O)c(O)c1)N1CC(CCl)CC1=O. The summed E-state index contributed by atoms with van der Waals surface area (Å²) in [5.41, 5.74) is 0.528. The molecule has 114 valence electrons. The van der Waals surface area contributed by atoms with E-state index in [1.807, 2.05) is 0 Å². The van der Waals surface area contributed by atoms with Crippen LogP contribution in [0.4, 0.5) is 0 Å². The highest BCUT2D eigenvalue weighted by Gasteiger charge is 2.37. The fourth-order valence-electron chi connectivity index (χ4n) is 2.46. The first-order chi connectivity index (χ1) is 9.92. The minimum absolute atomic E-state index is 0.0331. The maximum atomic E-state index is 11.9. The van der Waals surface area contributed by atoms with Crippen LogP contribution in [0.5, 0.6) is 11.5 Å². The van der Waals surface area contributed by atoms with Gasteiger partial charge in [-0.2, -0.15) is 0 Å². The fraction of sp³-hybridized carbons (Fsp3) is 0.429. The highest BCUT2D eigenvalue weighted by Crippen LogP contribution is 2.27. The minimum atomic E-state index is -1.11. The third-order valence-corrected chi connectivity index (χ3v) is 4.02. The number of likely N-dealkylation sites (tertiary alicyclic amines) is 1. The van der Waals surface area contributed by atoms with Crippen molar-refractivity contribution in [1.82, 2.24) is 4.90 Å². The molecule has 0 saturated carbocycles. The van der Waals surface area contributed by atoms with E-state index in [0.29, 0.717) is 18.0 Å². The number of aliphatic carboxylic acids is 1. The number of hydrogen-bond donors (Lipinski definition) is 3. The van der Waals surface area contributed by atoms with Crippen LogP contribution in [0.15, 0.2) is 18.2 Å². The second kappa shape index (κ2) is 6.22. The molecule has 7 heteroatoms. The number of aromatic hydroxyl groups is 2. The zero-order valence-electron chi connectivity index (χ0n) is 11.2. The van der Waals surface area contributed by atoms with E-state index in [4.69, 9.17) is 11.6 Å². The molecule has 6 nitrogen and oxygen atoms in total. The van der Waals surface area contributed by atoms with E-state index in [0.717, 1.165) is 0 Å². The topological polar surface area (TPSA) is 98.1 Å². The summed E-state index contributed by atoms with van der Waals surface area (Å²) in [7, 11) is 0. The third kappa shape index (κ3) is 3.39. The van der Waals surface area contributed by atoms with Gasteiger partial charge in [0, 0.05) is 25.3 Å². The molecule has 0 bridgehead atoms. The molecule has 0 radical (unpaired) electrons. The Kier molecular flexibility index (Phi) is 4.57. The smallest absolute Gasteiger partial charge is 0.326 e. The molecule has 0 aromatic heterocycles. The number of rotatable bonds is 5. The van der Waals surface area contributed by atoms with Gasteiger partial charge in [-0.05, 0) is 23.6 Å². The molecule has 1 heterocycles. The van der Waals surface area contributed by atoms with Crippen LogP contribution in [0, 0.1) is 5.92 Å². The second-order valence-corrected chi connectivity index (χ2v) is 5.46. The molecule has 2 atom stereocenters. The van der Waals surface area contributed by atoms with Crippen LogP contribution >= 0.6 is 11.6 Å². The van der Waals surface area contributed by atoms with Gasteiger partial charge in [0.15, 0.2) is 11.5 Å². The molecule has 1 aromatic carbocycles. The normalized spacial score (nSPS) is 19.8. The number of carboxylic acid groups (broad SMARTS) is 1. The Balaban J connectivity index is 2.18. The van der Waals surface area contributed by atoms with Gasteiger partial charge in [-0.25, -0.2) is 4.79 Å². The molecule has 1 saturated heterocycles. The highest BCUT2D eigenvalue weighted by molar-refractivity contribution is 6.18. The molecule has 1 unspecified atom stereocenters. The monoisotopic (exact) mass is 313 g/mol. The van der Waals surface area contributed by atoms with Gasteiger partial charge in [0.25, 0.3) is 0 Å². The Morgan fingerprint density at radius 3 is 2.62 bits per heavy atom. The third-order valence-electron chi connectivity index (χ3n) is 3.59. The Hall–Kier alpha value is -1.95. The summed E-state index contributed by atoms with van der Waals surface area (Å²) in [4.78, 5) is 24.7. The van der Waals surface area contributed by atoms with Crippen molar-refractivity contribution in [2.75, 3.05) is 12.4 Å². The molecule has 0 aliphatic carbocycles. The average molecular weight is 314 g/mol. The van der Waals surface area contributed by atoms with Crippen molar-refractivity contribution in [1.29, 1.82) is 0 Å². The quantitative estimate of drug-likeness (QED) is 0.560. The summed E-state index contributed by atoms with van der Waals surface area (Å²) < 4.78 is 0. The molecular weight excluding hydrogens is 298 g/mol. The molecule has 1 aromatic rings. The second-order valence-electron chi connectivity index (χ2n) is 5.15. The summed E-state index contributed by atoms with van der Waals surface area (Å²) in [6, 6.07) is 3.10. The fourth-order valence-corrected chi connectivity index (χ4v) is 2.67. The van der Waals surface area contributed by atoms with E-state index in [1.165, 1.54) is 23.1 Å². The van der Waals surface area contributed by atoms with Crippen LogP contribution < -0.4 is 0 Å². The van der Waals surface area contributed by atoms with Crippen molar-refractivity contribution < 1.29 is 24.9 Å². The van der Waals surface area contributed by atoms with Crippen molar-refractivity contribution in [3.8, 4) is 11.5 Å². The van der Waals surface area contributed by atoms with Crippen LogP contribution in [0.1, 0.15) is 12.0 Å². The molecule has 2 rings (SSSR count). The van der Waals surface area contributed by atoms with Crippen LogP contribution in [0.25, 0.3) is 0 Å². The number of carbonyl (C=O) groups is 2. The van der Waals surface area contributed by atoms with E-state index in [-0.39, 0.29) is 36.2 Å². The van der Waals surface area contributed by atoms with E-state index in [1.54, 1.807) is 0 Å². The van der Waals surface area contributed by atoms with E-state index in [2.05, 4.69) is 0 Å².